The van der Waals surface area contributed by atoms with Crippen molar-refractivity contribution >= 4 is 11.9 Å². The Morgan fingerprint density at radius 2 is 2.08 bits per heavy atom. The van der Waals surface area contributed by atoms with Crippen LogP contribution in [0.2, 0.25) is 0 Å². The minimum Gasteiger partial charge on any atom is -0.492 e. The lowest BCUT2D eigenvalue weighted by atomic mass is 9.95. The van der Waals surface area contributed by atoms with Crippen LogP contribution in [0.5, 0.6) is 5.75 Å². The van der Waals surface area contributed by atoms with Gasteiger partial charge in [-0.15, -0.1) is 0 Å². The van der Waals surface area contributed by atoms with Crippen LogP contribution in [0, 0.1) is 12.8 Å². The highest BCUT2D eigenvalue weighted by Crippen LogP contribution is 2.28. The van der Waals surface area contributed by atoms with Gasteiger partial charge in [-0.25, -0.2) is 4.79 Å². The summed E-state index contributed by atoms with van der Waals surface area (Å²) in [5.41, 5.74) is 1.43. The molecule has 1 amide bonds. The smallest absolute Gasteiger partial charge is 0.341 e. The van der Waals surface area contributed by atoms with Gasteiger partial charge in [-0.2, -0.15) is 0 Å². The molecule has 1 aromatic carbocycles. The van der Waals surface area contributed by atoms with E-state index in [1.165, 1.54) is 7.11 Å². The molecule has 132 valence electrons. The van der Waals surface area contributed by atoms with Crippen LogP contribution in [-0.2, 0) is 22.5 Å². The van der Waals surface area contributed by atoms with Gasteiger partial charge < -0.3 is 18.8 Å². The monoisotopic (exact) mass is 343 g/mol. The Bertz CT molecular complexity index is 795. The van der Waals surface area contributed by atoms with E-state index in [9.17, 15) is 9.59 Å². The predicted octanol–water partition coefficient (Wildman–Crippen LogP) is 2.58. The molecule has 0 fully saturated rings. The molecule has 1 aliphatic rings. The van der Waals surface area contributed by atoms with Crippen LogP contribution in [0.3, 0.4) is 0 Å². The first-order valence-corrected chi connectivity index (χ1v) is 8.13. The van der Waals surface area contributed by atoms with Crippen molar-refractivity contribution in [3.63, 3.8) is 0 Å². The zero-order valence-corrected chi connectivity index (χ0v) is 14.6. The largest absolute Gasteiger partial charge is 0.492 e. The molecule has 1 aliphatic heterocycles. The average molecular weight is 343 g/mol. The van der Waals surface area contributed by atoms with Crippen molar-refractivity contribution in [1.82, 2.24) is 4.90 Å². The van der Waals surface area contributed by atoms with Crippen LogP contribution < -0.4 is 4.74 Å². The molecule has 0 bridgehead atoms. The number of esters is 1. The van der Waals surface area contributed by atoms with Crippen LogP contribution in [0.1, 0.15) is 27.4 Å². The summed E-state index contributed by atoms with van der Waals surface area (Å²) in [6.45, 7) is 2.35. The van der Waals surface area contributed by atoms with Crippen molar-refractivity contribution in [2.24, 2.45) is 5.92 Å². The van der Waals surface area contributed by atoms with Crippen molar-refractivity contribution in [2.45, 2.75) is 19.9 Å². The summed E-state index contributed by atoms with van der Waals surface area (Å²) in [7, 11) is 3.05. The Labute approximate surface area is 146 Å². The Hall–Kier alpha value is -2.76. The van der Waals surface area contributed by atoms with Crippen LogP contribution in [0.4, 0.5) is 0 Å². The van der Waals surface area contributed by atoms with Gasteiger partial charge in [0.2, 0.25) is 5.91 Å². The lowest BCUT2D eigenvalue weighted by Gasteiger charge is -2.27. The second-order valence-corrected chi connectivity index (χ2v) is 6.19. The zero-order valence-electron chi connectivity index (χ0n) is 14.6. The molecule has 2 aromatic rings. The van der Waals surface area contributed by atoms with E-state index in [4.69, 9.17) is 13.9 Å². The topological polar surface area (TPSA) is 69.0 Å². The summed E-state index contributed by atoms with van der Waals surface area (Å²) < 4.78 is 16.0. The Kier molecular flexibility index (Phi) is 4.79. The van der Waals surface area contributed by atoms with Crippen molar-refractivity contribution < 1.29 is 23.5 Å². The molecule has 1 aromatic heterocycles. The molecule has 1 unspecified atom stereocenters. The third-order valence-corrected chi connectivity index (χ3v) is 4.37. The molecule has 0 aliphatic carbocycles. The van der Waals surface area contributed by atoms with Gasteiger partial charge in [0.15, 0.2) is 0 Å². The lowest BCUT2D eigenvalue weighted by Crippen LogP contribution is -2.38. The molecule has 6 heteroatoms. The van der Waals surface area contributed by atoms with Gasteiger partial charge in [0.25, 0.3) is 0 Å². The van der Waals surface area contributed by atoms with Crippen LogP contribution in [0.15, 0.2) is 34.7 Å². The number of carbonyl (C=O) groups is 2. The van der Waals surface area contributed by atoms with Gasteiger partial charge in [-0.3, -0.25) is 4.79 Å². The Balaban J connectivity index is 1.67. The Morgan fingerprint density at radius 3 is 2.84 bits per heavy atom. The molecular weight excluding hydrogens is 322 g/mol. The Morgan fingerprint density at radius 1 is 1.32 bits per heavy atom. The van der Waals surface area contributed by atoms with Gasteiger partial charge in [0.1, 0.15) is 29.4 Å². The third kappa shape index (κ3) is 3.52. The van der Waals surface area contributed by atoms with E-state index in [1.807, 2.05) is 24.3 Å². The molecule has 6 nitrogen and oxygen atoms in total. The third-order valence-electron chi connectivity index (χ3n) is 4.37. The van der Waals surface area contributed by atoms with Crippen LogP contribution in [-0.4, -0.2) is 37.5 Å². The summed E-state index contributed by atoms with van der Waals surface area (Å²) in [6.07, 6.45) is 0.657. The van der Waals surface area contributed by atoms with E-state index in [2.05, 4.69) is 0 Å². The number of rotatable bonds is 4. The van der Waals surface area contributed by atoms with E-state index >= 15 is 0 Å². The van der Waals surface area contributed by atoms with Gasteiger partial charge >= 0.3 is 5.97 Å². The molecule has 25 heavy (non-hydrogen) atoms. The van der Waals surface area contributed by atoms with Gasteiger partial charge in [-0.05, 0) is 31.0 Å². The van der Waals surface area contributed by atoms with Crippen molar-refractivity contribution in [3.05, 3.63) is 53.0 Å². The maximum absolute atomic E-state index is 12.7. The highest BCUT2D eigenvalue weighted by atomic mass is 16.5. The number of benzene rings is 1. The van der Waals surface area contributed by atoms with Gasteiger partial charge in [0, 0.05) is 7.05 Å². The highest BCUT2D eigenvalue weighted by molar-refractivity contribution is 5.90. The maximum atomic E-state index is 12.7. The standard InChI is InChI=1S/C19H21NO5/c1-12-16(19(22)23-3)9-15(25-12)10-20(2)18(21)14-8-13-6-4-5-7-17(13)24-11-14/h4-7,9,14H,8,10-11H2,1-3H3. The van der Waals surface area contributed by atoms with E-state index in [-0.39, 0.29) is 18.4 Å². The summed E-state index contributed by atoms with van der Waals surface area (Å²) in [5.74, 6) is 1.19. The fourth-order valence-electron chi connectivity index (χ4n) is 3.04. The van der Waals surface area contributed by atoms with Gasteiger partial charge in [0.05, 0.1) is 19.6 Å². The molecule has 0 spiro atoms. The van der Waals surface area contributed by atoms with Crippen LogP contribution >= 0.6 is 0 Å². The summed E-state index contributed by atoms with van der Waals surface area (Å²) in [5, 5.41) is 0. The second kappa shape index (κ2) is 7.01. The number of ether oxygens (including phenoxy) is 2. The number of carbonyl (C=O) groups excluding carboxylic acids is 2. The number of methoxy groups -OCH3 is 1. The number of fused-ring (bicyclic) bond motifs is 1. The number of hydrogen-bond acceptors (Lipinski definition) is 5. The molecule has 3 rings (SSSR count). The number of hydrogen-bond donors (Lipinski definition) is 0. The molecule has 0 saturated heterocycles. The SMILES string of the molecule is COC(=O)c1cc(CN(C)C(=O)C2COc3ccccc3C2)oc1C. The summed E-state index contributed by atoms with van der Waals surface area (Å²) >= 11 is 0. The summed E-state index contributed by atoms with van der Waals surface area (Å²) in [4.78, 5) is 26.0. The molecular formula is C19H21NO5. The predicted molar refractivity (Wildman–Crippen MR) is 90.4 cm³/mol. The first-order chi connectivity index (χ1) is 12.0. The lowest BCUT2D eigenvalue weighted by molar-refractivity contribution is -0.136. The number of aryl methyl sites for hydroxylation is 1. The number of para-hydroxylation sites is 1. The quantitative estimate of drug-likeness (QED) is 0.798. The van der Waals surface area contributed by atoms with E-state index in [0.717, 1.165) is 11.3 Å². The minimum absolute atomic E-state index is 0.0109. The second-order valence-electron chi connectivity index (χ2n) is 6.19. The molecule has 1 atom stereocenters. The molecule has 0 radical (unpaired) electrons. The van der Waals surface area contributed by atoms with E-state index in [1.54, 1.807) is 24.9 Å². The van der Waals surface area contributed by atoms with Crippen molar-refractivity contribution in [1.29, 1.82) is 0 Å². The first-order valence-electron chi connectivity index (χ1n) is 8.13. The maximum Gasteiger partial charge on any atom is 0.341 e. The molecule has 2 heterocycles. The average Bonchev–Trinajstić information content (AvgIpc) is 3.00. The summed E-state index contributed by atoms with van der Waals surface area (Å²) in [6, 6.07) is 9.38. The van der Waals surface area contributed by atoms with E-state index < -0.39 is 5.97 Å². The number of amides is 1. The highest BCUT2D eigenvalue weighted by Gasteiger charge is 2.28. The fourth-order valence-corrected chi connectivity index (χ4v) is 3.04. The van der Waals surface area contributed by atoms with Crippen molar-refractivity contribution in [2.75, 3.05) is 20.8 Å². The normalized spacial score (nSPS) is 15.9. The molecule has 0 N–H and O–H groups in total. The number of furan rings is 1. The number of nitrogens with zero attached hydrogens (tertiary/aromatic N) is 1. The fraction of sp³-hybridized carbons (Fsp3) is 0.368. The van der Waals surface area contributed by atoms with Crippen molar-refractivity contribution in [3.8, 4) is 5.75 Å². The zero-order chi connectivity index (χ0) is 18.0. The van der Waals surface area contributed by atoms with E-state index in [0.29, 0.717) is 30.1 Å². The molecule has 0 saturated carbocycles. The first kappa shape index (κ1) is 17.1. The van der Waals surface area contributed by atoms with Gasteiger partial charge in [-0.1, -0.05) is 18.2 Å². The van der Waals surface area contributed by atoms with Crippen LogP contribution in [0.25, 0.3) is 0 Å². The minimum atomic E-state index is -0.446.